The molecule has 0 atom stereocenters. The Hall–Kier alpha value is -2.37. The van der Waals surface area contributed by atoms with Gasteiger partial charge in [-0.05, 0) is 12.1 Å². The van der Waals surface area contributed by atoms with Crippen molar-refractivity contribution in [1.82, 2.24) is 0 Å². The van der Waals surface area contributed by atoms with E-state index in [4.69, 9.17) is 16.4 Å². The fraction of sp³-hybridized carbons (Fsp3) is 0. The first-order chi connectivity index (χ1) is 6.74. The lowest BCUT2D eigenvalue weighted by Gasteiger charge is -1.94. The first-order valence-electron chi connectivity index (χ1n) is 3.60. The zero-order chi connectivity index (χ0) is 10.8. The third-order valence-corrected chi connectivity index (χ3v) is 1.14. The largest absolute Gasteiger partial charge is 0.331 e. The average Bonchev–Trinajstić information content (AvgIpc) is 2.30. The van der Waals surface area contributed by atoms with Crippen LogP contribution in [0.3, 0.4) is 0 Å². The van der Waals surface area contributed by atoms with Crippen molar-refractivity contribution in [3.8, 4) is 12.1 Å². The molecule has 1 aromatic rings. The molecule has 0 saturated heterocycles. The van der Waals surface area contributed by atoms with Crippen LogP contribution in [0, 0.1) is 22.7 Å². The first-order valence-corrected chi connectivity index (χ1v) is 3.60. The number of nitrogen functional groups attached to an aromatic ring is 1. The fourth-order valence-electron chi connectivity index (χ4n) is 0.559. The number of hydrogen-bond donors (Lipinski definition) is 2. The Balaban J connectivity index is 0.000000255. The number of benzene rings is 1. The molecule has 0 unspecified atom stereocenters. The molecule has 0 spiro atoms. The lowest BCUT2D eigenvalue weighted by Crippen LogP contribution is -2.05. The van der Waals surface area contributed by atoms with Crippen molar-refractivity contribution in [3.63, 3.8) is 0 Å². The van der Waals surface area contributed by atoms with Gasteiger partial charge < -0.3 is 5.43 Å². The third kappa shape index (κ3) is 5.30. The van der Waals surface area contributed by atoms with Gasteiger partial charge in [0.1, 0.15) is 0 Å². The van der Waals surface area contributed by atoms with Crippen LogP contribution in [-0.4, -0.2) is 5.78 Å². The normalized spacial score (nSPS) is 7.07. The second kappa shape index (κ2) is 7.29. The first kappa shape index (κ1) is 11.6. The molecule has 0 bridgehead atoms. The minimum absolute atomic E-state index is 0.938. The smallest absolute Gasteiger partial charge is 0.324 e. The number of hydrazine groups is 1. The number of hydrogen-bond acceptors (Lipinski definition) is 5. The topological polar surface area (TPSA) is 103 Å². The molecular formula is C9H8N4O. The Bertz CT molecular complexity index is 345. The van der Waals surface area contributed by atoms with Crippen molar-refractivity contribution in [2.45, 2.75) is 0 Å². The van der Waals surface area contributed by atoms with E-state index in [-0.39, 0.29) is 0 Å². The Kier molecular flexibility index (Phi) is 6.05. The average molecular weight is 188 g/mol. The summed E-state index contributed by atoms with van der Waals surface area (Å²) in [7, 11) is 0. The van der Waals surface area contributed by atoms with Crippen LogP contribution in [0.5, 0.6) is 0 Å². The molecule has 14 heavy (non-hydrogen) atoms. The summed E-state index contributed by atoms with van der Waals surface area (Å²) in [6, 6.07) is 11.8. The number of ketones is 1. The molecular weight excluding hydrogens is 180 g/mol. The standard InChI is InChI=1S/C6H8N2.C3N2O/c7-8-6-4-2-1-3-5-6;4-1-3(6)2-5/h1-5,8H,7H2;. The molecule has 0 amide bonds. The van der Waals surface area contributed by atoms with E-state index in [1.807, 2.05) is 30.3 Å². The zero-order valence-corrected chi connectivity index (χ0v) is 7.27. The summed E-state index contributed by atoms with van der Waals surface area (Å²) in [5, 5.41) is 15.0. The number of carbonyl (C=O) groups is 1. The summed E-state index contributed by atoms with van der Waals surface area (Å²) < 4.78 is 0. The molecule has 5 heteroatoms. The Morgan fingerprint density at radius 3 is 1.93 bits per heavy atom. The van der Waals surface area contributed by atoms with Crippen LogP contribution in [0.4, 0.5) is 5.69 Å². The highest BCUT2D eigenvalue weighted by Crippen LogP contribution is 2.00. The van der Waals surface area contributed by atoms with Crippen LogP contribution in [-0.2, 0) is 4.79 Å². The summed E-state index contributed by atoms with van der Waals surface area (Å²) >= 11 is 0. The van der Waals surface area contributed by atoms with Crippen molar-refractivity contribution >= 4 is 11.5 Å². The van der Waals surface area contributed by atoms with Gasteiger partial charge in [-0.3, -0.25) is 10.6 Å². The number of nitriles is 2. The quantitative estimate of drug-likeness (QED) is 0.381. The van der Waals surface area contributed by atoms with Crippen molar-refractivity contribution in [2.75, 3.05) is 5.43 Å². The van der Waals surface area contributed by atoms with E-state index in [0.29, 0.717) is 0 Å². The second-order valence-corrected chi connectivity index (χ2v) is 2.06. The SMILES string of the molecule is N#CC(=O)C#N.NNc1ccccc1. The molecule has 1 aromatic carbocycles. The Morgan fingerprint density at radius 2 is 1.71 bits per heavy atom. The van der Waals surface area contributed by atoms with Crippen molar-refractivity contribution in [3.05, 3.63) is 30.3 Å². The number of para-hydroxylation sites is 1. The van der Waals surface area contributed by atoms with Crippen LogP contribution in [0.2, 0.25) is 0 Å². The summed E-state index contributed by atoms with van der Waals surface area (Å²) in [6.07, 6.45) is 0. The van der Waals surface area contributed by atoms with Crippen molar-refractivity contribution in [1.29, 1.82) is 10.5 Å². The van der Waals surface area contributed by atoms with Gasteiger partial charge in [0.25, 0.3) is 0 Å². The van der Waals surface area contributed by atoms with E-state index in [1.165, 1.54) is 0 Å². The summed E-state index contributed by atoms with van der Waals surface area (Å²) in [5.74, 6) is 4.05. The molecule has 0 radical (unpaired) electrons. The summed E-state index contributed by atoms with van der Waals surface area (Å²) in [4.78, 5) is 9.46. The molecule has 0 aliphatic rings. The van der Waals surface area contributed by atoms with Gasteiger partial charge in [-0.1, -0.05) is 18.2 Å². The molecule has 0 aromatic heterocycles. The van der Waals surface area contributed by atoms with Gasteiger partial charge in [0, 0.05) is 5.69 Å². The van der Waals surface area contributed by atoms with Gasteiger partial charge in [0.05, 0.1) is 0 Å². The van der Waals surface area contributed by atoms with Crippen molar-refractivity contribution in [2.24, 2.45) is 5.84 Å². The Morgan fingerprint density at radius 1 is 1.21 bits per heavy atom. The second-order valence-electron chi connectivity index (χ2n) is 2.06. The molecule has 0 fully saturated rings. The molecule has 1 rings (SSSR count). The van der Waals surface area contributed by atoms with Crippen LogP contribution in [0.25, 0.3) is 0 Å². The summed E-state index contributed by atoms with van der Waals surface area (Å²) in [5.41, 5.74) is 3.46. The van der Waals surface area contributed by atoms with Gasteiger partial charge in [-0.15, -0.1) is 0 Å². The fourth-order valence-corrected chi connectivity index (χ4v) is 0.559. The molecule has 0 heterocycles. The number of nitrogens with zero attached hydrogens (tertiary/aromatic N) is 2. The highest BCUT2D eigenvalue weighted by molar-refractivity contribution is 6.05. The van der Waals surface area contributed by atoms with E-state index in [1.54, 1.807) is 0 Å². The lowest BCUT2D eigenvalue weighted by molar-refractivity contribution is -0.109. The monoisotopic (exact) mass is 188 g/mol. The minimum Gasteiger partial charge on any atom is -0.324 e. The zero-order valence-electron chi connectivity index (χ0n) is 7.27. The predicted octanol–water partition coefficient (Wildman–Crippen LogP) is 0.575. The molecule has 0 aliphatic carbocycles. The number of carbonyl (C=O) groups excluding carboxylic acids is 1. The van der Waals surface area contributed by atoms with E-state index in [9.17, 15) is 4.79 Å². The number of anilines is 1. The summed E-state index contributed by atoms with van der Waals surface area (Å²) in [6.45, 7) is 0. The number of rotatable bonds is 1. The van der Waals surface area contributed by atoms with E-state index in [2.05, 4.69) is 5.43 Å². The third-order valence-electron chi connectivity index (χ3n) is 1.14. The highest BCUT2D eigenvalue weighted by atomic mass is 16.1. The molecule has 5 nitrogen and oxygen atoms in total. The maximum absolute atomic E-state index is 9.46. The lowest BCUT2D eigenvalue weighted by atomic mass is 10.3. The van der Waals surface area contributed by atoms with Gasteiger partial charge in [-0.25, -0.2) is 0 Å². The van der Waals surface area contributed by atoms with Crippen molar-refractivity contribution < 1.29 is 4.79 Å². The predicted molar refractivity (Wildman–Crippen MR) is 50.5 cm³/mol. The number of Topliss-reactive ketones (excluding diaryl/α,β-unsaturated/α-hetero) is 1. The molecule has 3 N–H and O–H groups in total. The highest BCUT2D eigenvalue weighted by Gasteiger charge is 1.86. The van der Waals surface area contributed by atoms with Crippen LogP contribution < -0.4 is 11.3 Å². The van der Waals surface area contributed by atoms with E-state index >= 15 is 0 Å². The molecule has 0 aliphatic heterocycles. The minimum atomic E-state index is -1.05. The van der Waals surface area contributed by atoms with Crippen LogP contribution in [0.15, 0.2) is 30.3 Å². The van der Waals surface area contributed by atoms with Gasteiger partial charge in [0.2, 0.25) is 0 Å². The molecule has 70 valence electrons. The Labute approximate surface area is 81.3 Å². The van der Waals surface area contributed by atoms with Crippen LogP contribution >= 0.6 is 0 Å². The van der Waals surface area contributed by atoms with Gasteiger partial charge in [0.15, 0.2) is 12.1 Å². The number of nitrogens with one attached hydrogen (secondary N) is 1. The van der Waals surface area contributed by atoms with E-state index < -0.39 is 5.78 Å². The number of nitrogens with two attached hydrogens (primary N) is 1. The van der Waals surface area contributed by atoms with Gasteiger partial charge >= 0.3 is 5.78 Å². The van der Waals surface area contributed by atoms with E-state index in [0.717, 1.165) is 17.8 Å². The van der Waals surface area contributed by atoms with Gasteiger partial charge in [-0.2, -0.15) is 10.5 Å². The maximum Gasteiger partial charge on any atom is 0.331 e. The molecule has 0 saturated carbocycles. The maximum atomic E-state index is 9.46. The van der Waals surface area contributed by atoms with Crippen LogP contribution in [0.1, 0.15) is 0 Å².